The van der Waals surface area contributed by atoms with Crippen molar-refractivity contribution in [2.45, 2.75) is 33.1 Å². The largest absolute Gasteiger partial charge is 0.316 e. The van der Waals surface area contributed by atoms with Crippen molar-refractivity contribution in [3.05, 3.63) is 75.7 Å². The molecule has 0 unspecified atom stereocenters. The zero-order valence-corrected chi connectivity index (χ0v) is 17.1. The first kappa shape index (κ1) is 18.4. The van der Waals surface area contributed by atoms with Crippen molar-refractivity contribution in [2.75, 3.05) is 5.32 Å². The molecule has 0 fully saturated rings. The third kappa shape index (κ3) is 3.20. The predicted molar refractivity (Wildman–Crippen MR) is 115 cm³/mol. The number of nitrogens with one attached hydrogen (secondary N) is 1. The zero-order valence-electron chi connectivity index (χ0n) is 16.2. The first-order valence-corrected chi connectivity index (χ1v) is 9.88. The number of aryl methyl sites for hydroxylation is 1. The van der Waals surface area contributed by atoms with Gasteiger partial charge >= 0.3 is 0 Å². The summed E-state index contributed by atoms with van der Waals surface area (Å²) in [6.07, 6.45) is 1.43. The Kier molecular flexibility index (Phi) is 4.31. The van der Waals surface area contributed by atoms with Crippen LogP contribution in [-0.2, 0) is 5.41 Å². The van der Waals surface area contributed by atoms with Gasteiger partial charge in [0.1, 0.15) is 5.69 Å². The molecule has 0 aliphatic carbocycles. The number of hydrogen-bond acceptors (Lipinski definition) is 4. The average Bonchev–Trinajstić information content (AvgIpc) is 3.01. The molecule has 0 saturated carbocycles. The van der Waals surface area contributed by atoms with Crippen LogP contribution in [0.4, 0.5) is 5.69 Å². The number of aromatic nitrogens is 2. The van der Waals surface area contributed by atoms with Crippen molar-refractivity contribution in [1.82, 2.24) is 9.38 Å². The smallest absolute Gasteiger partial charge is 0.282 e. The van der Waals surface area contributed by atoms with Crippen LogP contribution in [0.25, 0.3) is 15.2 Å². The SMILES string of the molecule is Cc1ccc2c(c1)sc1ncc(NC(=O)c3ccc(C(C)(C)C)cc3)c(=O)n12. The molecule has 5 nitrogen and oxygen atoms in total. The van der Waals surface area contributed by atoms with Gasteiger partial charge in [-0.05, 0) is 47.7 Å². The van der Waals surface area contributed by atoms with Crippen LogP contribution in [0, 0.1) is 6.92 Å². The number of rotatable bonds is 2. The van der Waals surface area contributed by atoms with E-state index in [2.05, 4.69) is 31.1 Å². The number of thiazole rings is 1. The van der Waals surface area contributed by atoms with Crippen molar-refractivity contribution in [3.8, 4) is 0 Å². The van der Waals surface area contributed by atoms with Crippen molar-refractivity contribution in [3.63, 3.8) is 0 Å². The number of benzene rings is 2. The quantitative estimate of drug-likeness (QED) is 0.535. The van der Waals surface area contributed by atoms with E-state index in [0.29, 0.717) is 10.5 Å². The molecule has 0 radical (unpaired) electrons. The predicted octanol–water partition coefficient (Wildman–Crippen LogP) is 4.77. The normalized spacial score (nSPS) is 11.9. The molecule has 28 heavy (non-hydrogen) atoms. The van der Waals surface area contributed by atoms with E-state index in [9.17, 15) is 9.59 Å². The van der Waals surface area contributed by atoms with Gasteiger partial charge < -0.3 is 5.32 Å². The Morgan fingerprint density at radius 2 is 1.82 bits per heavy atom. The first-order valence-electron chi connectivity index (χ1n) is 9.07. The van der Waals surface area contributed by atoms with E-state index in [1.807, 2.05) is 37.3 Å². The molecule has 2 aromatic carbocycles. The Balaban J connectivity index is 1.70. The summed E-state index contributed by atoms with van der Waals surface area (Å²) >= 11 is 1.46. The molecular formula is C22H21N3O2S. The molecular weight excluding hydrogens is 370 g/mol. The highest BCUT2D eigenvalue weighted by Crippen LogP contribution is 2.25. The van der Waals surface area contributed by atoms with Gasteiger partial charge in [0.15, 0.2) is 4.96 Å². The van der Waals surface area contributed by atoms with Gasteiger partial charge in [0, 0.05) is 5.56 Å². The van der Waals surface area contributed by atoms with Crippen molar-refractivity contribution in [1.29, 1.82) is 0 Å². The van der Waals surface area contributed by atoms with Gasteiger partial charge in [-0.15, -0.1) is 0 Å². The summed E-state index contributed by atoms with van der Waals surface area (Å²) in [4.78, 5) is 30.6. The van der Waals surface area contributed by atoms with E-state index in [1.165, 1.54) is 17.5 Å². The van der Waals surface area contributed by atoms with Gasteiger partial charge in [-0.1, -0.05) is 50.3 Å². The summed E-state index contributed by atoms with van der Waals surface area (Å²) in [7, 11) is 0. The van der Waals surface area contributed by atoms with Crippen molar-refractivity contribution < 1.29 is 4.79 Å². The highest BCUT2D eigenvalue weighted by atomic mass is 32.1. The van der Waals surface area contributed by atoms with Crippen LogP contribution in [-0.4, -0.2) is 15.3 Å². The highest BCUT2D eigenvalue weighted by molar-refractivity contribution is 7.23. The zero-order chi connectivity index (χ0) is 20.1. The Hall–Kier alpha value is -2.99. The van der Waals surface area contributed by atoms with Gasteiger partial charge in [-0.25, -0.2) is 9.38 Å². The Labute approximate surface area is 166 Å². The number of amides is 1. The topological polar surface area (TPSA) is 63.5 Å². The van der Waals surface area contributed by atoms with Crippen LogP contribution in [0.3, 0.4) is 0 Å². The summed E-state index contributed by atoms with van der Waals surface area (Å²) in [5.74, 6) is -0.324. The van der Waals surface area contributed by atoms with E-state index in [-0.39, 0.29) is 22.6 Å². The molecule has 142 valence electrons. The Bertz CT molecular complexity index is 1260. The minimum absolute atomic E-state index is 0.0150. The molecule has 1 amide bonds. The van der Waals surface area contributed by atoms with Crippen LogP contribution in [0.1, 0.15) is 42.3 Å². The van der Waals surface area contributed by atoms with E-state index in [4.69, 9.17) is 0 Å². The second-order valence-corrected chi connectivity index (χ2v) is 8.96. The first-order chi connectivity index (χ1) is 13.2. The molecule has 0 saturated heterocycles. The van der Waals surface area contributed by atoms with E-state index < -0.39 is 0 Å². The lowest BCUT2D eigenvalue weighted by molar-refractivity contribution is 0.102. The number of nitrogens with zero attached hydrogens (tertiary/aromatic N) is 2. The maximum absolute atomic E-state index is 13.0. The molecule has 2 aromatic heterocycles. The third-order valence-corrected chi connectivity index (χ3v) is 5.77. The highest BCUT2D eigenvalue weighted by Gasteiger charge is 2.16. The average molecular weight is 391 g/mol. The minimum Gasteiger partial charge on any atom is -0.316 e. The second-order valence-electron chi connectivity index (χ2n) is 7.95. The fourth-order valence-electron chi connectivity index (χ4n) is 3.11. The molecule has 0 aliphatic rings. The van der Waals surface area contributed by atoms with E-state index in [0.717, 1.165) is 21.3 Å². The summed E-state index contributed by atoms with van der Waals surface area (Å²) in [5, 5.41) is 2.71. The van der Waals surface area contributed by atoms with Gasteiger partial charge in [0.05, 0.1) is 16.4 Å². The summed E-state index contributed by atoms with van der Waals surface area (Å²) in [6.45, 7) is 8.38. The summed E-state index contributed by atoms with van der Waals surface area (Å²) in [5.41, 5.74) is 3.48. The number of hydrogen-bond donors (Lipinski definition) is 1. The van der Waals surface area contributed by atoms with Gasteiger partial charge in [0.25, 0.3) is 11.5 Å². The molecule has 1 N–H and O–H groups in total. The van der Waals surface area contributed by atoms with Crippen LogP contribution in [0.15, 0.2) is 53.5 Å². The molecule has 0 bridgehead atoms. The molecule has 4 rings (SSSR count). The molecule has 4 aromatic rings. The number of fused-ring (bicyclic) bond motifs is 3. The summed E-state index contributed by atoms with van der Waals surface area (Å²) < 4.78 is 2.54. The lowest BCUT2D eigenvalue weighted by atomic mass is 9.87. The lowest BCUT2D eigenvalue weighted by Gasteiger charge is -2.19. The Morgan fingerprint density at radius 1 is 1.11 bits per heavy atom. The molecule has 6 heteroatoms. The molecule has 0 spiro atoms. The number of carbonyl (C=O) groups is 1. The fourth-order valence-corrected chi connectivity index (χ4v) is 4.20. The minimum atomic E-state index is -0.324. The van der Waals surface area contributed by atoms with Gasteiger partial charge in [-0.2, -0.15) is 0 Å². The van der Waals surface area contributed by atoms with Crippen molar-refractivity contribution >= 4 is 38.1 Å². The fraction of sp³-hybridized carbons (Fsp3) is 0.227. The maximum Gasteiger partial charge on any atom is 0.282 e. The lowest BCUT2D eigenvalue weighted by Crippen LogP contribution is -2.22. The third-order valence-electron chi connectivity index (χ3n) is 4.75. The van der Waals surface area contributed by atoms with Crippen molar-refractivity contribution in [2.24, 2.45) is 0 Å². The van der Waals surface area contributed by atoms with Crippen LogP contribution in [0.2, 0.25) is 0 Å². The molecule has 2 heterocycles. The van der Waals surface area contributed by atoms with Crippen LogP contribution < -0.4 is 10.9 Å². The maximum atomic E-state index is 13.0. The second kappa shape index (κ2) is 6.56. The van der Waals surface area contributed by atoms with Gasteiger partial charge in [0.2, 0.25) is 0 Å². The number of carbonyl (C=O) groups excluding carboxylic acids is 1. The summed E-state index contributed by atoms with van der Waals surface area (Å²) in [6, 6.07) is 13.3. The van der Waals surface area contributed by atoms with E-state index in [1.54, 1.807) is 16.5 Å². The molecule has 0 aliphatic heterocycles. The van der Waals surface area contributed by atoms with Crippen LogP contribution in [0.5, 0.6) is 0 Å². The standard InChI is InChI=1S/C22H21N3O2S/c1-13-5-10-17-18(11-13)28-21-23-12-16(20(27)25(17)21)24-19(26)14-6-8-15(9-7-14)22(2,3)4/h5-12H,1-4H3,(H,24,26). The van der Waals surface area contributed by atoms with E-state index >= 15 is 0 Å². The number of anilines is 1. The Morgan fingerprint density at radius 3 is 2.50 bits per heavy atom. The van der Waals surface area contributed by atoms with Gasteiger partial charge in [-0.3, -0.25) is 9.59 Å². The molecule has 0 atom stereocenters. The van der Waals surface area contributed by atoms with Crippen LogP contribution >= 0.6 is 11.3 Å². The monoisotopic (exact) mass is 391 g/mol.